The van der Waals surface area contributed by atoms with Crippen molar-refractivity contribution in [1.82, 2.24) is 9.80 Å². The van der Waals surface area contributed by atoms with Gasteiger partial charge in [0.25, 0.3) is 0 Å². The smallest absolute Gasteiger partial charge is 0.320 e. The van der Waals surface area contributed by atoms with Crippen LogP contribution in [0, 0.1) is 0 Å². The Balaban J connectivity index is 2.71. The van der Waals surface area contributed by atoms with Gasteiger partial charge in [-0.2, -0.15) is 0 Å². The van der Waals surface area contributed by atoms with Crippen molar-refractivity contribution in [3.8, 4) is 0 Å². The maximum absolute atomic E-state index is 11.8. The summed E-state index contributed by atoms with van der Waals surface area (Å²) < 4.78 is 5.13. The number of hydrogen-bond donors (Lipinski definition) is 0. The van der Waals surface area contributed by atoms with Gasteiger partial charge in [0, 0.05) is 26.7 Å². The van der Waals surface area contributed by atoms with E-state index in [1.807, 2.05) is 25.8 Å². The topological polar surface area (TPSA) is 32.8 Å². The Kier molecular flexibility index (Phi) is 3.75. The summed E-state index contributed by atoms with van der Waals surface area (Å²) in [4.78, 5) is 15.5. The zero-order chi connectivity index (χ0) is 10.7. The molecule has 4 nitrogen and oxygen atoms in total. The van der Waals surface area contributed by atoms with Crippen molar-refractivity contribution in [3.63, 3.8) is 0 Å². The summed E-state index contributed by atoms with van der Waals surface area (Å²) in [5.74, 6) is 0. The molecule has 0 aromatic carbocycles. The zero-order valence-corrected chi connectivity index (χ0v) is 9.49. The van der Waals surface area contributed by atoms with Gasteiger partial charge in [0.2, 0.25) is 0 Å². The maximum atomic E-state index is 11.8. The van der Waals surface area contributed by atoms with Crippen molar-refractivity contribution < 1.29 is 9.53 Å². The lowest BCUT2D eigenvalue weighted by Crippen LogP contribution is -2.56. The van der Waals surface area contributed by atoms with Gasteiger partial charge in [0.15, 0.2) is 0 Å². The van der Waals surface area contributed by atoms with Crippen molar-refractivity contribution in [2.24, 2.45) is 0 Å². The summed E-state index contributed by atoms with van der Waals surface area (Å²) in [5.41, 5.74) is 0. The zero-order valence-electron chi connectivity index (χ0n) is 9.49. The Hall–Kier alpha value is -0.770. The highest BCUT2D eigenvalue weighted by Crippen LogP contribution is 2.18. The molecular weight excluding hydrogens is 180 g/mol. The van der Waals surface area contributed by atoms with Crippen LogP contribution < -0.4 is 0 Å². The van der Waals surface area contributed by atoms with Gasteiger partial charge >= 0.3 is 6.03 Å². The molecular formula is C10H20N2O2. The van der Waals surface area contributed by atoms with Crippen LogP contribution in [-0.2, 0) is 4.74 Å². The number of amides is 2. The van der Waals surface area contributed by atoms with E-state index in [-0.39, 0.29) is 18.1 Å². The molecule has 0 radical (unpaired) electrons. The second-order valence-corrected chi connectivity index (χ2v) is 4.10. The Bertz CT molecular complexity index is 206. The van der Waals surface area contributed by atoms with Crippen molar-refractivity contribution in [2.75, 3.05) is 27.3 Å². The van der Waals surface area contributed by atoms with E-state index in [1.165, 1.54) is 0 Å². The molecule has 0 unspecified atom stereocenters. The van der Waals surface area contributed by atoms with E-state index in [1.54, 1.807) is 12.0 Å². The largest absolute Gasteiger partial charge is 0.383 e. The first kappa shape index (κ1) is 11.3. The number of hydrogen-bond acceptors (Lipinski definition) is 2. The van der Waals surface area contributed by atoms with E-state index in [0.29, 0.717) is 6.61 Å². The standard InChI is InChI=1S/C10H20N2O2/c1-8(2)12-9(7-14-4)5-6-11(3)10(12)13/h8-9H,5-7H2,1-4H3/t9-/m1/s1. The van der Waals surface area contributed by atoms with Crippen LogP contribution in [0.4, 0.5) is 4.79 Å². The molecule has 2 amide bonds. The van der Waals surface area contributed by atoms with Crippen molar-refractivity contribution >= 4 is 6.03 Å². The lowest BCUT2D eigenvalue weighted by Gasteiger charge is -2.42. The number of rotatable bonds is 3. The fourth-order valence-corrected chi connectivity index (χ4v) is 1.93. The molecule has 1 aliphatic heterocycles. The Morgan fingerprint density at radius 2 is 2.21 bits per heavy atom. The quantitative estimate of drug-likeness (QED) is 0.685. The molecule has 0 N–H and O–H groups in total. The molecule has 1 aliphatic rings. The van der Waals surface area contributed by atoms with Crippen molar-refractivity contribution in [3.05, 3.63) is 0 Å². The van der Waals surface area contributed by atoms with E-state index in [2.05, 4.69) is 0 Å². The van der Waals surface area contributed by atoms with Crippen LogP contribution in [0.3, 0.4) is 0 Å². The minimum Gasteiger partial charge on any atom is -0.383 e. The average molecular weight is 200 g/mol. The first-order valence-corrected chi connectivity index (χ1v) is 5.10. The van der Waals surface area contributed by atoms with Crippen LogP contribution in [0.1, 0.15) is 20.3 Å². The maximum Gasteiger partial charge on any atom is 0.320 e. The van der Waals surface area contributed by atoms with Gasteiger partial charge in [-0.25, -0.2) is 4.79 Å². The second kappa shape index (κ2) is 4.64. The summed E-state index contributed by atoms with van der Waals surface area (Å²) in [6.45, 7) is 5.55. The van der Waals surface area contributed by atoms with E-state index >= 15 is 0 Å². The van der Waals surface area contributed by atoms with Crippen LogP contribution in [0.15, 0.2) is 0 Å². The van der Waals surface area contributed by atoms with Gasteiger partial charge in [0.1, 0.15) is 0 Å². The van der Waals surface area contributed by atoms with Gasteiger partial charge in [0.05, 0.1) is 12.6 Å². The summed E-state index contributed by atoms with van der Waals surface area (Å²) in [7, 11) is 3.53. The van der Waals surface area contributed by atoms with Gasteiger partial charge in [-0.15, -0.1) is 0 Å². The summed E-state index contributed by atoms with van der Waals surface area (Å²) >= 11 is 0. The third kappa shape index (κ3) is 2.18. The first-order valence-electron chi connectivity index (χ1n) is 5.10. The number of urea groups is 1. The number of nitrogens with zero attached hydrogens (tertiary/aromatic N) is 2. The van der Waals surface area contributed by atoms with E-state index in [0.717, 1.165) is 13.0 Å². The molecule has 4 heteroatoms. The first-order chi connectivity index (χ1) is 6.57. The fraction of sp³-hybridized carbons (Fsp3) is 0.900. The molecule has 0 bridgehead atoms. The molecule has 1 fully saturated rings. The van der Waals surface area contributed by atoms with Crippen molar-refractivity contribution in [1.29, 1.82) is 0 Å². The number of carbonyl (C=O) groups excluding carboxylic acids is 1. The van der Waals surface area contributed by atoms with Crippen LogP contribution >= 0.6 is 0 Å². The molecule has 1 heterocycles. The SMILES string of the molecule is COC[C@H]1CCN(C)C(=O)N1C(C)C. The lowest BCUT2D eigenvalue weighted by atomic mass is 10.1. The van der Waals surface area contributed by atoms with Crippen LogP contribution in [-0.4, -0.2) is 55.2 Å². The monoisotopic (exact) mass is 200 g/mol. The Labute approximate surface area is 85.8 Å². The highest BCUT2D eigenvalue weighted by molar-refractivity contribution is 5.75. The molecule has 0 aliphatic carbocycles. The Morgan fingerprint density at radius 1 is 1.57 bits per heavy atom. The molecule has 1 atom stereocenters. The van der Waals surface area contributed by atoms with Gasteiger partial charge in [-0.1, -0.05) is 0 Å². The third-order valence-electron chi connectivity index (χ3n) is 2.65. The molecule has 0 saturated carbocycles. The highest BCUT2D eigenvalue weighted by Gasteiger charge is 2.32. The van der Waals surface area contributed by atoms with E-state index in [4.69, 9.17) is 4.74 Å². The molecule has 1 saturated heterocycles. The summed E-state index contributed by atoms with van der Waals surface area (Å²) in [6.07, 6.45) is 0.994. The molecule has 0 spiro atoms. The second-order valence-electron chi connectivity index (χ2n) is 4.10. The van der Waals surface area contributed by atoms with Gasteiger partial charge in [-0.3, -0.25) is 0 Å². The highest BCUT2D eigenvalue weighted by atomic mass is 16.5. The molecule has 14 heavy (non-hydrogen) atoms. The fourth-order valence-electron chi connectivity index (χ4n) is 1.93. The van der Waals surface area contributed by atoms with Crippen LogP contribution in [0.2, 0.25) is 0 Å². The van der Waals surface area contributed by atoms with E-state index in [9.17, 15) is 4.79 Å². The molecule has 0 aromatic rings. The minimum absolute atomic E-state index is 0.119. The number of methoxy groups -OCH3 is 1. The van der Waals surface area contributed by atoms with Crippen LogP contribution in [0.25, 0.3) is 0 Å². The number of ether oxygens (including phenoxy) is 1. The molecule has 1 rings (SSSR count). The van der Waals surface area contributed by atoms with E-state index < -0.39 is 0 Å². The summed E-state index contributed by atoms with van der Waals surface area (Å²) in [6, 6.07) is 0.599. The van der Waals surface area contributed by atoms with Crippen molar-refractivity contribution in [2.45, 2.75) is 32.4 Å². The normalized spacial score (nSPS) is 23.5. The van der Waals surface area contributed by atoms with Crippen LogP contribution in [0.5, 0.6) is 0 Å². The number of carbonyl (C=O) groups is 1. The average Bonchev–Trinajstić information content (AvgIpc) is 2.11. The Morgan fingerprint density at radius 3 is 2.71 bits per heavy atom. The predicted octanol–water partition coefficient (Wildman–Crippen LogP) is 1.17. The van der Waals surface area contributed by atoms with Gasteiger partial charge in [-0.05, 0) is 20.3 Å². The van der Waals surface area contributed by atoms with Gasteiger partial charge < -0.3 is 14.5 Å². The molecule has 0 aromatic heterocycles. The minimum atomic E-state index is 0.119. The third-order valence-corrected chi connectivity index (χ3v) is 2.65. The predicted molar refractivity (Wildman–Crippen MR) is 55.3 cm³/mol. The molecule has 82 valence electrons. The lowest BCUT2D eigenvalue weighted by molar-refractivity contribution is 0.0468. The summed E-state index contributed by atoms with van der Waals surface area (Å²) in [5, 5.41) is 0.